The number of carbonyl (C=O) groups is 1. The first-order chi connectivity index (χ1) is 9.85. The molecule has 114 valence electrons. The van der Waals surface area contributed by atoms with Crippen molar-refractivity contribution in [3.8, 4) is 5.75 Å². The van der Waals surface area contributed by atoms with E-state index in [1.165, 1.54) is 0 Å². The van der Waals surface area contributed by atoms with Gasteiger partial charge in [-0.3, -0.25) is 4.79 Å². The second-order valence-corrected chi connectivity index (χ2v) is 7.05. The van der Waals surface area contributed by atoms with Crippen molar-refractivity contribution in [1.29, 1.82) is 0 Å². The molecule has 1 aliphatic carbocycles. The molecule has 0 N–H and O–H groups in total. The molecular formula is C17H22BrNO2. The molecule has 0 aliphatic heterocycles. The van der Waals surface area contributed by atoms with Crippen LogP contribution >= 0.6 is 15.9 Å². The Hall–Kier alpha value is -1.13. The summed E-state index contributed by atoms with van der Waals surface area (Å²) in [7, 11) is 5.67. The molecule has 1 aromatic carbocycles. The number of Topliss-reactive ketones (excluding diaryl/α,β-unsaturated/α-hetero) is 1. The Morgan fingerprint density at radius 3 is 2.71 bits per heavy atom. The van der Waals surface area contributed by atoms with Crippen LogP contribution in [0.15, 0.2) is 28.2 Å². The molecule has 1 atom stereocenters. The number of methoxy groups -OCH3 is 1. The van der Waals surface area contributed by atoms with Gasteiger partial charge in [-0.2, -0.15) is 0 Å². The van der Waals surface area contributed by atoms with Crippen LogP contribution in [-0.4, -0.2) is 38.4 Å². The third-order valence-electron chi connectivity index (χ3n) is 3.97. The fourth-order valence-corrected chi connectivity index (χ4v) is 3.54. The number of ketones is 1. The highest BCUT2D eigenvalue weighted by Crippen LogP contribution is 2.39. The van der Waals surface area contributed by atoms with Gasteiger partial charge in [-0.15, -0.1) is 0 Å². The topological polar surface area (TPSA) is 29.5 Å². The lowest BCUT2D eigenvalue weighted by atomic mass is 9.86. The SMILES string of the molecule is COc1ccc(C=C2CCC(C)(CN(C)C)C2=O)cc1Br. The Morgan fingerprint density at radius 1 is 1.43 bits per heavy atom. The number of hydrogen-bond donors (Lipinski definition) is 0. The van der Waals surface area contributed by atoms with Crippen molar-refractivity contribution in [2.24, 2.45) is 5.41 Å². The summed E-state index contributed by atoms with van der Waals surface area (Å²) in [5.41, 5.74) is 1.70. The minimum absolute atomic E-state index is 0.251. The molecule has 0 aromatic heterocycles. The van der Waals surface area contributed by atoms with Crippen LogP contribution in [0.1, 0.15) is 25.3 Å². The monoisotopic (exact) mass is 351 g/mol. The van der Waals surface area contributed by atoms with Crippen LogP contribution in [0, 0.1) is 5.41 Å². The van der Waals surface area contributed by atoms with E-state index in [-0.39, 0.29) is 11.2 Å². The van der Waals surface area contributed by atoms with Gasteiger partial charge in [0.25, 0.3) is 0 Å². The minimum atomic E-state index is -0.251. The number of benzene rings is 1. The molecule has 1 unspecified atom stereocenters. The van der Waals surface area contributed by atoms with E-state index in [4.69, 9.17) is 4.74 Å². The van der Waals surface area contributed by atoms with Crippen molar-refractivity contribution in [3.05, 3.63) is 33.8 Å². The normalized spacial score (nSPS) is 24.1. The number of rotatable bonds is 4. The summed E-state index contributed by atoms with van der Waals surface area (Å²) in [6, 6.07) is 5.88. The third kappa shape index (κ3) is 3.55. The van der Waals surface area contributed by atoms with Crippen LogP contribution < -0.4 is 4.74 Å². The Labute approximate surface area is 135 Å². The van der Waals surface area contributed by atoms with E-state index in [0.29, 0.717) is 0 Å². The molecule has 2 rings (SSSR count). The van der Waals surface area contributed by atoms with Gasteiger partial charge in [-0.05, 0) is 72.2 Å². The van der Waals surface area contributed by atoms with E-state index in [0.717, 1.165) is 40.7 Å². The molecule has 0 amide bonds. The Balaban J connectivity index is 2.23. The molecule has 21 heavy (non-hydrogen) atoms. The van der Waals surface area contributed by atoms with Gasteiger partial charge in [0.15, 0.2) is 5.78 Å². The van der Waals surface area contributed by atoms with Gasteiger partial charge in [-0.1, -0.05) is 13.0 Å². The van der Waals surface area contributed by atoms with Crippen LogP contribution in [0.4, 0.5) is 0 Å². The molecule has 4 heteroatoms. The fourth-order valence-electron chi connectivity index (χ4n) is 2.99. The molecular weight excluding hydrogens is 330 g/mol. The number of nitrogens with zero attached hydrogens (tertiary/aromatic N) is 1. The maximum absolute atomic E-state index is 12.6. The Kier molecular flexibility index (Phi) is 4.89. The molecule has 1 aromatic rings. The second-order valence-electron chi connectivity index (χ2n) is 6.19. The number of hydrogen-bond acceptors (Lipinski definition) is 3. The third-order valence-corrected chi connectivity index (χ3v) is 4.59. The largest absolute Gasteiger partial charge is 0.496 e. The molecule has 3 nitrogen and oxygen atoms in total. The van der Waals surface area contributed by atoms with E-state index < -0.39 is 0 Å². The summed E-state index contributed by atoms with van der Waals surface area (Å²) < 4.78 is 6.13. The maximum atomic E-state index is 12.6. The molecule has 1 saturated carbocycles. The molecule has 1 aliphatic rings. The standard InChI is InChI=1S/C17H22BrNO2/c1-17(11-19(2)3)8-7-13(16(17)20)9-12-5-6-15(21-4)14(18)10-12/h5-6,9-10H,7-8,11H2,1-4H3. The van der Waals surface area contributed by atoms with Crippen molar-refractivity contribution < 1.29 is 9.53 Å². The van der Waals surface area contributed by atoms with Crippen LogP contribution in [-0.2, 0) is 4.79 Å². The number of carbonyl (C=O) groups excluding carboxylic acids is 1. The predicted octanol–water partition coefficient (Wildman–Crippen LogP) is 3.77. The lowest BCUT2D eigenvalue weighted by Gasteiger charge is -2.25. The van der Waals surface area contributed by atoms with Crippen molar-refractivity contribution in [1.82, 2.24) is 4.90 Å². The quantitative estimate of drug-likeness (QED) is 0.773. The van der Waals surface area contributed by atoms with Gasteiger partial charge >= 0.3 is 0 Å². The van der Waals surface area contributed by atoms with Crippen LogP contribution in [0.5, 0.6) is 5.75 Å². The summed E-state index contributed by atoms with van der Waals surface area (Å²) in [6.07, 6.45) is 3.79. The fraction of sp³-hybridized carbons (Fsp3) is 0.471. The van der Waals surface area contributed by atoms with Crippen LogP contribution in [0.3, 0.4) is 0 Å². The Morgan fingerprint density at radius 2 is 2.14 bits per heavy atom. The molecule has 0 spiro atoms. The summed E-state index contributed by atoms with van der Waals surface area (Å²) in [5, 5.41) is 0. The van der Waals surface area contributed by atoms with Gasteiger partial charge in [0.05, 0.1) is 11.6 Å². The highest BCUT2D eigenvalue weighted by molar-refractivity contribution is 9.10. The first kappa shape index (κ1) is 16.2. The zero-order chi connectivity index (χ0) is 15.6. The van der Waals surface area contributed by atoms with Crippen molar-refractivity contribution in [2.75, 3.05) is 27.7 Å². The van der Waals surface area contributed by atoms with E-state index >= 15 is 0 Å². The average molecular weight is 352 g/mol. The molecule has 0 bridgehead atoms. The van der Waals surface area contributed by atoms with Gasteiger partial charge in [0.2, 0.25) is 0 Å². The zero-order valence-corrected chi connectivity index (χ0v) is 14.7. The van der Waals surface area contributed by atoms with Crippen molar-refractivity contribution in [2.45, 2.75) is 19.8 Å². The predicted molar refractivity (Wildman–Crippen MR) is 89.6 cm³/mol. The van der Waals surface area contributed by atoms with Crippen molar-refractivity contribution >= 4 is 27.8 Å². The van der Waals surface area contributed by atoms with Gasteiger partial charge in [-0.25, -0.2) is 0 Å². The number of halogens is 1. The molecule has 0 saturated heterocycles. The van der Waals surface area contributed by atoms with E-state index in [1.54, 1.807) is 7.11 Å². The smallest absolute Gasteiger partial charge is 0.166 e. The number of ether oxygens (including phenoxy) is 1. The number of allylic oxidation sites excluding steroid dienone is 1. The first-order valence-electron chi connectivity index (χ1n) is 7.09. The van der Waals surface area contributed by atoms with Gasteiger partial charge in [0, 0.05) is 12.0 Å². The van der Waals surface area contributed by atoms with Crippen LogP contribution in [0.2, 0.25) is 0 Å². The minimum Gasteiger partial charge on any atom is -0.496 e. The van der Waals surface area contributed by atoms with Crippen LogP contribution in [0.25, 0.3) is 6.08 Å². The maximum Gasteiger partial charge on any atom is 0.166 e. The summed E-state index contributed by atoms with van der Waals surface area (Å²) in [6.45, 7) is 2.87. The molecule has 0 heterocycles. The summed E-state index contributed by atoms with van der Waals surface area (Å²) >= 11 is 3.48. The van der Waals surface area contributed by atoms with Gasteiger partial charge in [0.1, 0.15) is 5.75 Å². The van der Waals surface area contributed by atoms with Gasteiger partial charge < -0.3 is 9.64 Å². The lowest BCUT2D eigenvalue weighted by Crippen LogP contribution is -2.34. The highest BCUT2D eigenvalue weighted by atomic mass is 79.9. The summed E-state index contributed by atoms with van der Waals surface area (Å²) in [5.74, 6) is 1.08. The first-order valence-corrected chi connectivity index (χ1v) is 7.89. The lowest BCUT2D eigenvalue weighted by molar-refractivity contribution is -0.122. The average Bonchev–Trinajstić information content (AvgIpc) is 2.66. The highest BCUT2D eigenvalue weighted by Gasteiger charge is 2.40. The zero-order valence-electron chi connectivity index (χ0n) is 13.1. The second kappa shape index (κ2) is 6.32. The van der Waals surface area contributed by atoms with E-state index in [1.807, 2.05) is 38.4 Å². The van der Waals surface area contributed by atoms with E-state index in [9.17, 15) is 4.79 Å². The van der Waals surface area contributed by atoms with Crippen molar-refractivity contribution in [3.63, 3.8) is 0 Å². The molecule has 0 radical (unpaired) electrons. The Bertz CT molecular complexity index is 580. The summed E-state index contributed by atoms with van der Waals surface area (Å²) in [4.78, 5) is 14.7. The molecule has 1 fully saturated rings. The van der Waals surface area contributed by atoms with E-state index in [2.05, 4.69) is 27.8 Å².